The second-order valence-corrected chi connectivity index (χ2v) is 2.06. The third kappa shape index (κ3) is 8.17. The van der Waals surface area contributed by atoms with Crippen LogP contribution in [0.2, 0.25) is 0 Å². The Balaban J connectivity index is -0.000000282. The zero-order valence-electron chi connectivity index (χ0n) is 9.97. The Morgan fingerprint density at radius 1 is 1.00 bits per heavy atom. The summed E-state index contributed by atoms with van der Waals surface area (Å²) in [5.41, 5.74) is 0. The summed E-state index contributed by atoms with van der Waals surface area (Å²) < 4.78 is 7.93. The average Bonchev–Trinajstić information content (AvgIpc) is 2.04. The van der Waals surface area contributed by atoms with Crippen LogP contribution >= 0.6 is 0 Å². The van der Waals surface area contributed by atoms with Crippen LogP contribution in [0.5, 0.6) is 0 Å². The third-order valence-electron chi connectivity index (χ3n) is 1.22. The van der Waals surface area contributed by atoms with Gasteiger partial charge < -0.3 is 39.2 Å². The molecule has 0 aliphatic carbocycles. The summed E-state index contributed by atoms with van der Waals surface area (Å²) in [6, 6.07) is 0. The maximum Gasteiger partial charge on any atom is 1.00 e. The molecule has 0 bridgehead atoms. The molecule has 0 saturated carbocycles. The summed E-state index contributed by atoms with van der Waals surface area (Å²) in [6.45, 7) is -1.28. The van der Waals surface area contributed by atoms with Crippen molar-refractivity contribution in [1.82, 2.24) is 0 Å². The number of carboxylic acid groups (broad SMARTS) is 3. The van der Waals surface area contributed by atoms with Gasteiger partial charge in [0.25, 0.3) is 5.79 Å². The Hall–Kier alpha value is 1.33. The number of carboxylic acids is 3. The molecule has 0 aliphatic heterocycles. The van der Waals surface area contributed by atoms with Gasteiger partial charge in [-0.15, -0.1) is 0 Å². The molecule has 0 amide bonds. The van der Waals surface area contributed by atoms with Crippen LogP contribution in [0.4, 0.5) is 0 Å². The molecule has 0 aromatic carbocycles. The smallest absolute Gasteiger partial charge is 0.548 e. The molecule has 8 nitrogen and oxygen atoms in total. The minimum Gasteiger partial charge on any atom is -0.548 e. The fraction of sp³-hybridized carbons (Fsp3) is 0.500. The second kappa shape index (κ2) is 12.4. The molecule has 0 fully saturated rings. The molecule has 0 aromatic rings. The molecule has 11 heteroatoms. The van der Waals surface area contributed by atoms with Crippen molar-refractivity contribution in [3.8, 4) is 0 Å². The van der Waals surface area contributed by atoms with Gasteiger partial charge in [0.2, 0.25) is 0 Å². The van der Waals surface area contributed by atoms with Crippen LogP contribution in [0, 0.1) is 0 Å². The van der Waals surface area contributed by atoms with Crippen molar-refractivity contribution < 1.29 is 128 Å². The van der Waals surface area contributed by atoms with Crippen LogP contribution in [-0.2, 0) is 23.9 Å². The molecule has 0 rings (SSSR count). The van der Waals surface area contributed by atoms with Gasteiger partial charge in [-0.05, 0) is 0 Å². The Kier molecular flexibility index (Phi) is 19.5. The number of ether oxygens (including phenoxy) is 2. The van der Waals surface area contributed by atoms with Crippen molar-refractivity contribution >= 4 is 17.9 Å². The molecule has 80 valence electrons. The predicted molar refractivity (Wildman–Crippen MR) is 30.7 cm³/mol. The van der Waals surface area contributed by atoms with Crippen molar-refractivity contribution in [3.05, 3.63) is 0 Å². The van der Waals surface area contributed by atoms with E-state index in [-0.39, 0.29) is 88.7 Å². The quantitative estimate of drug-likeness (QED) is 0.264. The fourth-order valence-corrected chi connectivity index (χ4v) is 0.587. The summed E-state index contributed by atoms with van der Waals surface area (Å²) in [6.07, 6.45) is 0. The van der Waals surface area contributed by atoms with Crippen molar-refractivity contribution in [3.63, 3.8) is 0 Å². The van der Waals surface area contributed by atoms with Crippen LogP contribution in [0.15, 0.2) is 0 Å². The summed E-state index contributed by atoms with van der Waals surface area (Å²) in [7, 11) is 0.681. The topological polar surface area (TPSA) is 139 Å². The number of hydrogen-bond donors (Lipinski definition) is 0. The number of aliphatic carboxylic acids is 3. The zero-order chi connectivity index (χ0) is 11.4. The minimum atomic E-state index is -3.24. The van der Waals surface area contributed by atoms with Gasteiger partial charge in [-0.1, -0.05) is 0 Å². The molecule has 0 radical (unpaired) electrons. The first-order valence-corrected chi connectivity index (χ1v) is 3.18. The summed E-state index contributed by atoms with van der Waals surface area (Å²) in [4.78, 5) is 30.5. The number of methoxy groups -OCH3 is 1. The first-order valence-electron chi connectivity index (χ1n) is 3.18. The van der Waals surface area contributed by atoms with Crippen molar-refractivity contribution in [2.45, 2.75) is 5.79 Å². The van der Waals surface area contributed by atoms with E-state index in [4.69, 9.17) is 0 Å². The molecule has 0 unspecified atom stereocenters. The van der Waals surface area contributed by atoms with Crippen LogP contribution < -0.4 is 104 Å². The van der Waals surface area contributed by atoms with Crippen molar-refractivity contribution in [1.29, 1.82) is 0 Å². The Morgan fingerprint density at radius 3 is 1.53 bits per heavy atom. The van der Waals surface area contributed by atoms with Crippen molar-refractivity contribution in [2.24, 2.45) is 0 Å². The number of carbonyl (C=O) groups is 3. The Bertz CT molecular complexity index is 254. The van der Waals surface area contributed by atoms with E-state index in [0.29, 0.717) is 7.11 Å². The van der Waals surface area contributed by atoms with E-state index in [9.17, 15) is 29.7 Å². The maximum atomic E-state index is 10.3. The first kappa shape index (κ1) is 26.8. The van der Waals surface area contributed by atoms with Crippen LogP contribution in [-0.4, -0.2) is 37.4 Å². The number of hydrogen-bond acceptors (Lipinski definition) is 8. The molecular weight excluding hydrogens is 269 g/mol. The van der Waals surface area contributed by atoms with E-state index in [1.807, 2.05) is 0 Å². The molecule has 0 N–H and O–H groups in total. The average molecular weight is 274 g/mol. The number of carbonyl (C=O) groups excluding carboxylic acids is 3. The van der Waals surface area contributed by atoms with Gasteiger partial charge >= 0.3 is 88.7 Å². The minimum absolute atomic E-state index is 0. The van der Waals surface area contributed by atoms with E-state index >= 15 is 0 Å². The molecule has 0 heterocycles. The molecular formula is C6H5Na3O8. The van der Waals surface area contributed by atoms with Gasteiger partial charge in [0.15, 0.2) is 0 Å². The normalized spacial score (nSPS) is 9.00. The molecule has 0 spiro atoms. The van der Waals surface area contributed by atoms with Gasteiger partial charge in [-0.2, -0.15) is 0 Å². The van der Waals surface area contributed by atoms with E-state index in [0.717, 1.165) is 0 Å². The maximum absolute atomic E-state index is 10.3. The predicted octanol–water partition coefficient (Wildman–Crippen LogP) is -14.4. The zero-order valence-corrected chi connectivity index (χ0v) is 16.0. The monoisotopic (exact) mass is 274 g/mol. The Labute approximate surface area is 163 Å². The molecule has 0 atom stereocenters. The van der Waals surface area contributed by atoms with Crippen LogP contribution in [0.25, 0.3) is 0 Å². The third-order valence-corrected chi connectivity index (χ3v) is 1.22. The number of rotatable bonds is 6. The largest absolute Gasteiger partial charge is 1.00 e. The van der Waals surface area contributed by atoms with Crippen molar-refractivity contribution in [2.75, 3.05) is 13.7 Å². The standard InChI is InChI=1S/C6H8O8.3Na/c1-13-6(4(9)10,5(11)12)14-2-3(7)8;;;/h2H2,1H3,(H,7,8)(H,9,10)(H,11,12);;;/q;3*+1/p-3. The summed E-state index contributed by atoms with van der Waals surface area (Å²) in [5.74, 6) is -9.60. The van der Waals surface area contributed by atoms with Gasteiger partial charge in [0.05, 0.1) is 12.6 Å². The summed E-state index contributed by atoms with van der Waals surface area (Å²) >= 11 is 0. The van der Waals surface area contributed by atoms with E-state index < -0.39 is 30.3 Å². The first-order chi connectivity index (χ1) is 6.36. The second-order valence-electron chi connectivity index (χ2n) is 2.06. The van der Waals surface area contributed by atoms with E-state index in [1.54, 1.807) is 0 Å². The van der Waals surface area contributed by atoms with Gasteiger partial charge in [-0.3, -0.25) is 0 Å². The van der Waals surface area contributed by atoms with E-state index in [2.05, 4.69) is 9.47 Å². The Morgan fingerprint density at radius 2 is 1.35 bits per heavy atom. The van der Waals surface area contributed by atoms with E-state index in [1.165, 1.54) is 0 Å². The summed E-state index contributed by atoms with van der Waals surface area (Å²) in [5, 5.41) is 30.5. The fourth-order valence-electron chi connectivity index (χ4n) is 0.587. The molecule has 0 aliphatic rings. The van der Waals surface area contributed by atoms with Crippen LogP contribution in [0.1, 0.15) is 0 Å². The SMILES string of the molecule is COC(OCC(=O)[O-])(C(=O)[O-])C(=O)[O-].[Na+].[Na+].[Na+]. The van der Waals surface area contributed by atoms with Gasteiger partial charge in [-0.25, -0.2) is 0 Å². The van der Waals surface area contributed by atoms with Gasteiger partial charge in [0, 0.05) is 7.11 Å². The molecule has 0 aromatic heterocycles. The molecule has 0 saturated heterocycles. The molecule has 17 heavy (non-hydrogen) atoms. The van der Waals surface area contributed by atoms with Gasteiger partial charge in [0.1, 0.15) is 11.9 Å². The van der Waals surface area contributed by atoms with Crippen LogP contribution in [0.3, 0.4) is 0 Å².